The molecule has 0 spiro atoms. The number of hydrogen-bond donors (Lipinski definition) is 0. The molecule has 0 saturated carbocycles. The van der Waals surface area contributed by atoms with E-state index in [0.29, 0.717) is 6.04 Å². The second kappa shape index (κ2) is 4.10. The van der Waals surface area contributed by atoms with E-state index in [2.05, 4.69) is 6.92 Å². The van der Waals surface area contributed by atoms with Gasteiger partial charge in [-0.25, -0.2) is 0 Å². The maximum atomic E-state index is 7.55. The third-order valence-corrected chi connectivity index (χ3v) is 1.57. The van der Waals surface area contributed by atoms with Gasteiger partial charge >= 0.3 is 0 Å². The molecule has 0 nitrogen and oxygen atoms in total. The first-order chi connectivity index (χ1) is 5.34. The summed E-state index contributed by atoms with van der Waals surface area (Å²) in [4.78, 5) is 0. The highest BCUT2D eigenvalue weighted by Gasteiger charge is 1.87. The number of hydrogen-bond acceptors (Lipinski definition) is 0. The fraction of sp³-hybridized carbons (Fsp3) is 0.400. The van der Waals surface area contributed by atoms with Gasteiger partial charge in [0.2, 0.25) is 0 Å². The highest BCUT2D eigenvalue weighted by molar-refractivity contribution is 5.14. The average Bonchev–Trinajstić information content (AvgIpc) is 2.03. The molecule has 0 heteroatoms. The standard InChI is InChI=1S/C10H14/c1-2-3-7-10-8-5-4-6-9-10/h4-6,8-9H,2-3,7H2,1H3/i8T. The summed E-state index contributed by atoms with van der Waals surface area (Å²) in [5.74, 6) is 0. The van der Waals surface area contributed by atoms with E-state index >= 15 is 0 Å². The molecule has 1 aromatic carbocycles. The minimum absolute atomic E-state index is 0.681. The summed E-state index contributed by atoms with van der Waals surface area (Å²) < 4.78 is 7.55. The van der Waals surface area contributed by atoms with Gasteiger partial charge in [-0.15, -0.1) is 0 Å². The molecule has 0 radical (unpaired) electrons. The molecule has 0 aliphatic carbocycles. The van der Waals surface area contributed by atoms with E-state index in [-0.39, 0.29) is 0 Å². The van der Waals surface area contributed by atoms with Crippen LogP contribution in [0.4, 0.5) is 0 Å². The van der Waals surface area contributed by atoms with Gasteiger partial charge in [0.15, 0.2) is 0 Å². The summed E-state index contributed by atoms with van der Waals surface area (Å²) in [7, 11) is 0. The van der Waals surface area contributed by atoms with E-state index in [0.717, 1.165) is 6.42 Å². The van der Waals surface area contributed by atoms with Crippen LogP contribution in [0.15, 0.2) is 30.3 Å². The van der Waals surface area contributed by atoms with E-state index in [1.807, 2.05) is 24.3 Å². The van der Waals surface area contributed by atoms with Crippen LogP contribution in [0, 0.1) is 0 Å². The number of aryl methyl sites for hydroxylation is 1. The van der Waals surface area contributed by atoms with Gasteiger partial charge in [0.25, 0.3) is 0 Å². The minimum atomic E-state index is 0.681. The predicted molar refractivity (Wildman–Crippen MR) is 45.1 cm³/mol. The normalized spacial score (nSPS) is 11.1. The van der Waals surface area contributed by atoms with Crippen molar-refractivity contribution in [1.29, 1.82) is 0 Å². The van der Waals surface area contributed by atoms with Crippen LogP contribution in [0.2, 0.25) is 0 Å². The number of rotatable bonds is 3. The van der Waals surface area contributed by atoms with Gasteiger partial charge in [0.1, 0.15) is 0 Å². The van der Waals surface area contributed by atoms with Crippen LogP contribution in [0.25, 0.3) is 0 Å². The zero-order valence-electron chi connectivity index (χ0n) is 7.43. The molecule has 54 valence electrons. The van der Waals surface area contributed by atoms with Crippen LogP contribution in [-0.2, 0) is 6.42 Å². The summed E-state index contributed by atoms with van der Waals surface area (Å²) in [5.41, 5.74) is 1.18. The van der Waals surface area contributed by atoms with Gasteiger partial charge in [-0.05, 0) is 18.4 Å². The van der Waals surface area contributed by atoms with Crippen molar-refractivity contribution in [3.05, 3.63) is 35.9 Å². The summed E-state index contributed by atoms with van der Waals surface area (Å²) in [5, 5.41) is 0. The van der Waals surface area contributed by atoms with Crippen LogP contribution < -0.4 is 0 Å². The molecule has 1 aromatic rings. The van der Waals surface area contributed by atoms with Gasteiger partial charge in [-0.3, -0.25) is 0 Å². The fourth-order valence-corrected chi connectivity index (χ4v) is 0.953. The Kier molecular flexibility index (Phi) is 2.45. The Morgan fingerprint density at radius 1 is 1.40 bits per heavy atom. The zero-order chi connectivity index (χ0) is 8.10. The largest absolute Gasteiger partial charge is 0.0654 e. The van der Waals surface area contributed by atoms with E-state index in [1.165, 1.54) is 18.4 Å². The van der Waals surface area contributed by atoms with E-state index in [1.54, 1.807) is 0 Å². The molecule has 10 heavy (non-hydrogen) atoms. The van der Waals surface area contributed by atoms with Gasteiger partial charge < -0.3 is 0 Å². The first kappa shape index (κ1) is 5.96. The van der Waals surface area contributed by atoms with Crippen molar-refractivity contribution < 1.29 is 1.37 Å². The van der Waals surface area contributed by atoms with Gasteiger partial charge in [-0.1, -0.05) is 43.7 Å². The molecule has 0 aliphatic rings. The summed E-state index contributed by atoms with van der Waals surface area (Å²) in [6, 6.07) is 8.49. The molecule has 0 saturated heterocycles. The summed E-state index contributed by atoms with van der Waals surface area (Å²) in [6.45, 7) is 2.17. The van der Waals surface area contributed by atoms with Gasteiger partial charge in [0.05, 0.1) is 1.37 Å². The molecule has 1 rings (SSSR count). The summed E-state index contributed by atoms with van der Waals surface area (Å²) >= 11 is 0. The molecule has 0 bridgehead atoms. The lowest BCUT2D eigenvalue weighted by molar-refractivity contribution is 0.795. The Morgan fingerprint density at radius 3 is 3.00 bits per heavy atom. The average molecular weight is 136 g/mol. The molecule has 0 amide bonds. The quantitative estimate of drug-likeness (QED) is 0.599. The van der Waals surface area contributed by atoms with Crippen LogP contribution >= 0.6 is 0 Å². The van der Waals surface area contributed by atoms with Gasteiger partial charge in [-0.2, -0.15) is 0 Å². The topological polar surface area (TPSA) is 0 Å². The van der Waals surface area contributed by atoms with Crippen LogP contribution in [-0.4, -0.2) is 0 Å². The molecule has 0 aromatic heterocycles. The van der Waals surface area contributed by atoms with Crippen molar-refractivity contribution in [3.8, 4) is 0 Å². The Balaban J connectivity index is 2.62. The third kappa shape index (κ3) is 2.22. The Morgan fingerprint density at radius 2 is 2.30 bits per heavy atom. The number of unbranched alkanes of at least 4 members (excludes halogenated alkanes) is 1. The SMILES string of the molecule is [3H]c1ccccc1CCCC. The number of benzene rings is 1. The van der Waals surface area contributed by atoms with Crippen LogP contribution in [0.1, 0.15) is 26.7 Å². The molecule has 0 aliphatic heterocycles. The zero-order valence-corrected chi connectivity index (χ0v) is 6.43. The summed E-state index contributed by atoms with van der Waals surface area (Å²) in [6.07, 6.45) is 3.44. The first-order valence-electron chi connectivity index (χ1n) is 4.39. The van der Waals surface area contributed by atoms with Crippen LogP contribution in [0.3, 0.4) is 0 Å². The van der Waals surface area contributed by atoms with Gasteiger partial charge in [0, 0.05) is 0 Å². The second-order valence-corrected chi connectivity index (χ2v) is 2.49. The van der Waals surface area contributed by atoms with Crippen molar-refractivity contribution in [3.63, 3.8) is 0 Å². The minimum Gasteiger partial charge on any atom is -0.0654 e. The third-order valence-electron chi connectivity index (χ3n) is 1.57. The Hall–Kier alpha value is -0.780. The Labute approximate surface area is 64.3 Å². The smallest absolute Gasteiger partial charge is 0.0626 e. The molecule has 0 N–H and O–H groups in total. The van der Waals surface area contributed by atoms with Crippen molar-refractivity contribution in [2.24, 2.45) is 0 Å². The predicted octanol–water partition coefficient (Wildman–Crippen LogP) is 3.03. The fourth-order valence-electron chi connectivity index (χ4n) is 0.953. The highest BCUT2D eigenvalue weighted by atomic mass is 13.9. The molecular formula is C10H14. The van der Waals surface area contributed by atoms with E-state index < -0.39 is 0 Å². The highest BCUT2D eigenvalue weighted by Crippen LogP contribution is 2.03. The van der Waals surface area contributed by atoms with Crippen molar-refractivity contribution >= 4 is 0 Å². The molecule has 0 fully saturated rings. The lowest BCUT2D eigenvalue weighted by Gasteiger charge is -1.96. The van der Waals surface area contributed by atoms with Crippen LogP contribution in [0.5, 0.6) is 0 Å². The van der Waals surface area contributed by atoms with Crippen molar-refractivity contribution in [2.75, 3.05) is 0 Å². The lowest BCUT2D eigenvalue weighted by atomic mass is 10.1. The first-order valence-corrected chi connectivity index (χ1v) is 3.89. The monoisotopic (exact) mass is 136 g/mol. The maximum absolute atomic E-state index is 7.55. The lowest BCUT2D eigenvalue weighted by Crippen LogP contribution is -1.81. The Bertz CT molecular complexity index is 218. The molecule has 0 unspecified atom stereocenters. The van der Waals surface area contributed by atoms with Crippen molar-refractivity contribution in [1.82, 2.24) is 0 Å². The second-order valence-electron chi connectivity index (χ2n) is 2.49. The van der Waals surface area contributed by atoms with E-state index in [4.69, 9.17) is 1.37 Å². The van der Waals surface area contributed by atoms with Crippen molar-refractivity contribution in [2.45, 2.75) is 26.2 Å². The van der Waals surface area contributed by atoms with E-state index in [9.17, 15) is 0 Å². The molecule has 0 atom stereocenters. The maximum Gasteiger partial charge on any atom is 0.0626 e. The molecular weight excluding hydrogens is 120 g/mol. The molecule has 0 heterocycles.